The molecule has 0 radical (unpaired) electrons. The third-order valence-electron chi connectivity index (χ3n) is 6.27. The van der Waals surface area contributed by atoms with Gasteiger partial charge in [0, 0.05) is 45.1 Å². The minimum Gasteiger partial charge on any atom is -0.494 e. The van der Waals surface area contributed by atoms with Crippen molar-refractivity contribution in [2.75, 3.05) is 38.1 Å². The summed E-state index contributed by atoms with van der Waals surface area (Å²) in [5.74, 6) is 2.16. The van der Waals surface area contributed by atoms with Gasteiger partial charge < -0.3 is 9.64 Å². The number of nitrogens with zero attached hydrogens (tertiary/aromatic N) is 4. The zero-order chi connectivity index (χ0) is 21.3. The van der Waals surface area contributed by atoms with Gasteiger partial charge in [0.1, 0.15) is 5.75 Å². The molecule has 0 unspecified atom stereocenters. The lowest BCUT2D eigenvalue weighted by molar-refractivity contribution is 0.143. The minimum absolute atomic E-state index is 0.140. The molecule has 2 amide bonds. The molecule has 2 aliphatic rings. The first-order valence-electron chi connectivity index (χ1n) is 11.5. The van der Waals surface area contributed by atoms with Crippen molar-refractivity contribution < 1.29 is 9.53 Å². The van der Waals surface area contributed by atoms with Crippen molar-refractivity contribution in [3.05, 3.63) is 48.3 Å². The van der Waals surface area contributed by atoms with E-state index in [9.17, 15) is 4.79 Å². The van der Waals surface area contributed by atoms with Crippen LogP contribution in [0.4, 0.5) is 10.7 Å². The molecule has 1 aromatic heterocycles. The molecule has 2 heterocycles. The number of rotatable bonds is 7. The van der Waals surface area contributed by atoms with Crippen molar-refractivity contribution in [3.63, 3.8) is 0 Å². The number of aromatic nitrogens is 2. The van der Waals surface area contributed by atoms with E-state index in [1.54, 1.807) is 18.5 Å². The van der Waals surface area contributed by atoms with Crippen molar-refractivity contribution in [2.24, 2.45) is 5.92 Å². The minimum atomic E-state index is -0.140. The Morgan fingerprint density at radius 2 is 1.81 bits per heavy atom. The predicted octanol–water partition coefficient (Wildman–Crippen LogP) is 4.18. The van der Waals surface area contributed by atoms with Gasteiger partial charge in [-0.15, -0.1) is 0 Å². The smallest absolute Gasteiger partial charge is 0.324 e. The topological polar surface area (TPSA) is 70.6 Å². The summed E-state index contributed by atoms with van der Waals surface area (Å²) in [6.07, 6.45) is 11.3. The number of carbonyl (C=O) groups excluding carboxylic acids is 1. The summed E-state index contributed by atoms with van der Waals surface area (Å²) in [5, 5.41) is 2.76. The van der Waals surface area contributed by atoms with Gasteiger partial charge in [-0.2, -0.15) is 0 Å². The number of carbonyl (C=O) groups is 1. The molecule has 1 aromatic carbocycles. The van der Waals surface area contributed by atoms with E-state index in [0.717, 1.165) is 37.9 Å². The fourth-order valence-corrected chi connectivity index (χ4v) is 4.46. The maximum atomic E-state index is 12.4. The van der Waals surface area contributed by atoms with Gasteiger partial charge in [0.15, 0.2) is 0 Å². The molecule has 31 heavy (non-hydrogen) atoms. The maximum Gasteiger partial charge on any atom is 0.324 e. The summed E-state index contributed by atoms with van der Waals surface area (Å²) in [5.41, 5.74) is 1.26. The number of hydrogen-bond donors (Lipinski definition) is 1. The lowest BCUT2D eigenvalue weighted by Gasteiger charge is -2.34. The second-order valence-corrected chi connectivity index (χ2v) is 8.55. The SMILES string of the molecule is O=C(Nc1ncccn1)N1CCN(Cc2cccc(OCCC3CCCCC3)c2)CC1. The Morgan fingerprint density at radius 3 is 2.58 bits per heavy atom. The highest BCUT2D eigenvalue weighted by molar-refractivity contribution is 5.87. The Kier molecular flexibility index (Phi) is 7.71. The molecule has 0 spiro atoms. The summed E-state index contributed by atoms with van der Waals surface area (Å²) in [7, 11) is 0. The van der Waals surface area contributed by atoms with Crippen LogP contribution in [0.1, 0.15) is 44.1 Å². The molecule has 4 rings (SSSR count). The van der Waals surface area contributed by atoms with Crippen LogP contribution in [0.2, 0.25) is 0 Å². The Hall–Kier alpha value is -2.67. The highest BCUT2D eigenvalue weighted by Gasteiger charge is 2.21. The predicted molar refractivity (Wildman–Crippen MR) is 121 cm³/mol. The summed E-state index contributed by atoms with van der Waals surface area (Å²) >= 11 is 0. The van der Waals surface area contributed by atoms with Crippen molar-refractivity contribution >= 4 is 12.0 Å². The molecule has 0 atom stereocenters. The molecular weight excluding hydrogens is 390 g/mol. The molecule has 2 fully saturated rings. The molecule has 1 aliphatic heterocycles. The van der Waals surface area contributed by atoms with Crippen LogP contribution in [0.25, 0.3) is 0 Å². The highest BCUT2D eigenvalue weighted by atomic mass is 16.5. The van der Waals surface area contributed by atoms with Gasteiger partial charge in [-0.1, -0.05) is 44.2 Å². The summed E-state index contributed by atoms with van der Waals surface area (Å²) in [6, 6.07) is 10.0. The molecule has 1 N–H and O–H groups in total. The summed E-state index contributed by atoms with van der Waals surface area (Å²) < 4.78 is 6.05. The third kappa shape index (κ3) is 6.66. The molecule has 166 valence electrons. The first-order valence-corrected chi connectivity index (χ1v) is 11.5. The van der Waals surface area contributed by atoms with Crippen LogP contribution in [-0.4, -0.2) is 58.6 Å². The summed E-state index contributed by atoms with van der Waals surface area (Å²) in [4.78, 5) is 24.7. The van der Waals surface area contributed by atoms with Gasteiger partial charge in [-0.25, -0.2) is 14.8 Å². The van der Waals surface area contributed by atoms with Crippen LogP contribution in [0.3, 0.4) is 0 Å². The van der Waals surface area contributed by atoms with E-state index in [1.807, 2.05) is 4.90 Å². The van der Waals surface area contributed by atoms with Crippen LogP contribution in [0, 0.1) is 5.92 Å². The molecule has 2 aromatic rings. The monoisotopic (exact) mass is 423 g/mol. The van der Waals surface area contributed by atoms with E-state index in [0.29, 0.717) is 19.0 Å². The van der Waals surface area contributed by atoms with Gasteiger partial charge in [-0.3, -0.25) is 10.2 Å². The first kappa shape index (κ1) is 21.6. The van der Waals surface area contributed by atoms with Gasteiger partial charge in [-0.05, 0) is 36.1 Å². The lowest BCUT2D eigenvalue weighted by Crippen LogP contribution is -2.49. The fourth-order valence-electron chi connectivity index (χ4n) is 4.46. The molecule has 1 saturated carbocycles. The van der Waals surface area contributed by atoms with Crippen LogP contribution in [0.15, 0.2) is 42.7 Å². The van der Waals surface area contributed by atoms with E-state index in [4.69, 9.17) is 4.74 Å². The average Bonchev–Trinajstić information content (AvgIpc) is 2.81. The van der Waals surface area contributed by atoms with E-state index in [-0.39, 0.29) is 6.03 Å². The zero-order valence-corrected chi connectivity index (χ0v) is 18.2. The van der Waals surface area contributed by atoms with Gasteiger partial charge in [0.25, 0.3) is 0 Å². The molecule has 1 saturated heterocycles. The van der Waals surface area contributed by atoms with E-state index < -0.39 is 0 Å². The van der Waals surface area contributed by atoms with E-state index in [1.165, 1.54) is 44.1 Å². The van der Waals surface area contributed by atoms with Crippen molar-refractivity contribution in [1.29, 1.82) is 0 Å². The van der Waals surface area contributed by atoms with Gasteiger partial charge in [0.2, 0.25) is 5.95 Å². The van der Waals surface area contributed by atoms with Crippen LogP contribution in [0.5, 0.6) is 5.75 Å². The number of anilines is 1. The number of benzene rings is 1. The number of hydrogen-bond acceptors (Lipinski definition) is 5. The molecular formula is C24H33N5O2. The van der Waals surface area contributed by atoms with Crippen molar-refractivity contribution in [1.82, 2.24) is 19.8 Å². The number of ether oxygens (including phenoxy) is 1. The number of piperazine rings is 1. The quantitative estimate of drug-likeness (QED) is 0.724. The largest absolute Gasteiger partial charge is 0.494 e. The van der Waals surface area contributed by atoms with Crippen LogP contribution in [-0.2, 0) is 6.54 Å². The number of nitrogens with one attached hydrogen (secondary N) is 1. The Balaban J connectivity index is 1.19. The van der Waals surface area contributed by atoms with Crippen molar-refractivity contribution in [2.45, 2.75) is 45.1 Å². The van der Waals surface area contributed by atoms with Gasteiger partial charge in [0.05, 0.1) is 6.61 Å². The van der Waals surface area contributed by atoms with E-state index in [2.05, 4.69) is 44.5 Å². The van der Waals surface area contributed by atoms with Gasteiger partial charge >= 0.3 is 6.03 Å². The first-order chi connectivity index (χ1) is 15.3. The summed E-state index contributed by atoms with van der Waals surface area (Å²) in [6.45, 7) is 4.75. The highest BCUT2D eigenvalue weighted by Crippen LogP contribution is 2.26. The van der Waals surface area contributed by atoms with Crippen LogP contribution < -0.4 is 10.1 Å². The maximum absolute atomic E-state index is 12.4. The van der Waals surface area contributed by atoms with Crippen molar-refractivity contribution in [3.8, 4) is 5.75 Å². The third-order valence-corrected chi connectivity index (χ3v) is 6.27. The van der Waals surface area contributed by atoms with E-state index >= 15 is 0 Å². The second kappa shape index (κ2) is 11.1. The Labute approximate surface area is 184 Å². The average molecular weight is 424 g/mol. The Morgan fingerprint density at radius 1 is 1.03 bits per heavy atom. The zero-order valence-electron chi connectivity index (χ0n) is 18.2. The second-order valence-electron chi connectivity index (χ2n) is 8.55. The Bertz CT molecular complexity index is 818. The standard InChI is InChI=1S/C24H33N5O2/c30-24(27-23-25-11-5-12-26-23)29-15-13-28(14-16-29)19-21-8-4-9-22(18-21)31-17-10-20-6-2-1-3-7-20/h4-5,8-9,11-12,18,20H,1-3,6-7,10,13-17,19H2,(H,25,26,27,30). The fraction of sp³-hybridized carbons (Fsp3) is 0.542. The number of urea groups is 1. The number of amides is 2. The normalized spacial score (nSPS) is 18.0. The van der Waals surface area contributed by atoms with Crippen LogP contribution >= 0.6 is 0 Å². The molecule has 1 aliphatic carbocycles. The molecule has 7 nitrogen and oxygen atoms in total. The lowest BCUT2D eigenvalue weighted by atomic mass is 9.87. The molecule has 7 heteroatoms. The molecule has 0 bridgehead atoms.